The number of halogens is 1. The summed E-state index contributed by atoms with van der Waals surface area (Å²) in [5, 5.41) is 20.3. The second-order valence-corrected chi connectivity index (χ2v) is 8.29. The van der Waals surface area contributed by atoms with Gasteiger partial charge in [-0.15, -0.1) is 11.3 Å². The van der Waals surface area contributed by atoms with Crippen molar-refractivity contribution in [3.8, 4) is 10.4 Å². The van der Waals surface area contributed by atoms with E-state index in [9.17, 15) is 9.90 Å². The summed E-state index contributed by atoms with van der Waals surface area (Å²) in [6.07, 6.45) is 4.55. The Morgan fingerprint density at radius 2 is 2.11 bits per heavy atom. The number of nitrogens with zero attached hydrogens (tertiary/aromatic N) is 2. The minimum absolute atomic E-state index is 0.00461. The van der Waals surface area contributed by atoms with Crippen molar-refractivity contribution < 1.29 is 9.90 Å². The number of thiophene rings is 1. The Labute approximate surface area is 166 Å². The van der Waals surface area contributed by atoms with Crippen LogP contribution in [0, 0.1) is 6.92 Å². The number of hydrogen-bond acceptors (Lipinski definition) is 4. The van der Waals surface area contributed by atoms with E-state index < -0.39 is 5.60 Å². The van der Waals surface area contributed by atoms with Crippen molar-refractivity contribution in [1.29, 1.82) is 0 Å². The lowest BCUT2D eigenvalue weighted by atomic mass is 9.84. The maximum Gasteiger partial charge on any atom is 0.254 e. The van der Waals surface area contributed by atoms with Crippen molar-refractivity contribution in [3.05, 3.63) is 63.8 Å². The van der Waals surface area contributed by atoms with Crippen molar-refractivity contribution >= 4 is 28.8 Å². The van der Waals surface area contributed by atoms with Crippen molar-refractivity contribution in [1.82, 2.24) is 15.1 Å². The first-order valence-electron chi connectivity index (χ1n) is 8.82. The third kappa shape index (κ3) is 3.52. The Morgan fingerprint density at radius 1 is 1.33 bits per heavy atom. The predicted octanol–water partition coefficient (Wildman–Crippen LogP) is 4.22. The summed E-state index contributed by atoms with van der Waals surface area (Å²) in [7, 11) is 0. The molecular formula is C20H20ClN3O2S. The molecule has 1 aliphatic rings. The molecule has 3 aromatic rings. The Hall–Kier alpha value is -2.15. The molecule has 2 aromatic heterocycles. The molecule has 140 valence electrons. The van der Waals surface area contributed by atoms with Crippen LogP contribution in [0.15, 0.2) is 42.0 Å². The first-order chi connectivity index (χ1) is 13.0. The molecule has 0 saturated carbocycles. The second kappa shape index (κ2) is 7.11. The fourth-order valence-electron chi connectivity index (χ4n) is 3.42. The quantitative estimate of drug-likeness (QED) is 0.690. The lowest BCUT2D eigenvalue weighted by Crippen LogP contribution is -2.45. The van der Waals surface area contributed by atoms with Gasteiger partial charge in [0.05, 0.1) is 17.4 Å². The summed E-state index contributed by atoms with van der Waals surface area (Å²) >= 11 is 7.75. The number of H-pyrrole nitrogens is 1. The fraction of sp³-hybridized carbons (Fsp3) is 0.300. The van der Waals surface area contributed by atoms with Crippen molar-refractivity contribution in [3.63, 3.8) is 0 Å². The average Bonchev–Trinajstić information content (AvgIpc) is 3.35. The number of hydrogen-bond donors (Lipinski definition) is 2. The van der Waals surface area contributed by atoms with Gasteiger partial charge in [-0.2, -0.15) is 5.10 Å². The molecule has 1 aliphatic heterocycles. The molecule has 4 rings (SSSR count). The van der Waals surface area contributed by atoms with Gasteiger partial charge in [0.1, 0.15) is 0 Å². The minimum atomic E-state index is -0.940. The normalized spacial score (nSPS) is 16.5. The molecule has 1 aromatic carbocycles. The van der Waals surface area contributed by atoms with Crippen LogP contribution in [0.5, 0.6) is 0 Å². The number of benzene rings is 1. The Morgan fingerprint density at radius 3 is 2.78 bits per heavy atom. The standard InChI is InChI=1S/C20H20ClN3O2S/c1-13-2-3-16(9-17(13)21)20(26)4-6-24(7-5-20)19(25)14-8-18(27-12-14)15-10-22-23-11-15/h2-3,8-12,26H,4-7H2,1H3,(H,22,23). The number of likely N-dealkylation sites (tertiary alicyclic amines) is 1. The molecule has 0 aliphatic carbocycles. The number of aromatic amines is 1. The molecule has 0 spiro atoms. The molecule has 0 atom stereocenters. The summed E-state index contributed by atoms with van der Waals surface area (Å²) in [6.45, 7) is 2.96. The number of aliphatic hydroxyl groups is 1. The summed E-state index contributed by atoms with van der Waals surface area (Å²) in [5.41, 5.74) is 2.53. The molecule has 1 fully saturated rings. The third-order valence-corrected chi connectivity index (χ3v) is 6.60. The summed E-state index contributed by atoms with van der Waals surface area (Å²) in [4.78, 5) is 15.7. The minimum Gasteiger partial charge on any atom is -0.385 e. The number of nitrogens with one attached hydrogen (secondary N) is 1. The number of carbonyl (C=O) groups excluding carboxylic acids is 1. The van der Waals surface area contributed by atoms with Crippen LogP contribution in [0.4, 0.5) is 0 Å². The van der Waals surface area contributed by atoms with Gasteiger partial charge in [-0.25, -0.2) is 0 Å². The van der Waals surface area contributed by atoms with Gasteiger partial charge < -0.3 is 10.0 Å². The first-order valence-corrected chi connectivity index (χ1v) is 10.1. The zero-order valence-corrected chi connectivity index (χ0v) is 16.5. The first kappa shape index (κ1) is 18.2. The van der Waals surface area contributed by atoms with Gasteiger partial charge in [-0.3, -0.25) is 9.89 Å². The highest BCUT2D eigenvalue weighted by molar-refractivity contribution is 7.13. The van der Waals surface area contributed by atoms with Crippen molar-refractivity contribution in [2.24, 2.45) is 0 Å². The van der Waals surface area contributed by atoms with Crippen molar-refractivity contribution in [2.75, 3.05) is 13.1 Å². The number of piperidine rings is 1. The van der Waals surface area contributed by atoms with E-state index in [1.807, 2.05) is 47.7 Å². The number of rotatable bonds is 3. The van der Waals surface area contributed by atoms with Crippen LogP contribution in [0.2, 0.25) is 5.02 Å². The number of carbonyl (C=O) groups is 1. The van der Waals surface area contributed by atoms with E-state index in [4.69, 9.17) is 11.6 Å². The summed E-state index contributed by atoms with van der Waals surface area (Å²) < 4.78 is 0. The van der Waals surface area contributed by atoms with E-state index in [1.165, 1.54) is 11.3 Å². The largest absolute Gasteiger partial charge is 0.385 e. The van der Waals surface area contributed by atoms with Gasteiger partial charge in [-0.05, 0) is 43.0 Å². The van der Waals surface area contributed by atoms with E-state index in [0.717, 1.165) is 21.6 Å². The SMILES string of the molecule is Cc1ccc(C2(O)CCN(C(=O)c3csc(-c4cn[nH]c4)c3)CC2)cc1Cl. The van der Waals surface area contributed by atoms with Gasteiger partial charge in [0.25, 0.3) is 5.91 Å². The highest BCUT2D eigenvalue weighted by Gasteiger charge is 2.36. The predicted molar refractivity (Wildman–Crippen MR) is 107 cm³/mol. The molecule has 0 radical (unpaired) electrons. The Kier molecular flexibility index (Phi) is 4.80. The van der Waals surface area contributed by atoms with Crippen LogP contribution >= 0.6 is 22.9 Å². The highest BCUT2D eigenvalue weighted by Crippen LogP contribution is 2.35. The molecule has 7 heteroatoms. The van der Waals surface area contributed by atoms with Gasteiger partial charge >= 0.3 is 0 Å². The van der Waals surface area contributed by atoms with Crippen LogP contribution in [0.3, 0.4) is 0 Å². The molecule has 0 unspecified atom stereocenters. The molecule has 27 heavy (non-hydrogen) atoms. The number of aromatic nitrogens is 2. The van der Waals surface area contributed by atoms with Gasteiger partial charge in [0.15, 0.2) is 0 Å². The summed E-state index contributed by atoms with van der Waals surface area (Å²) in [5.74, 6) is 0.00461. The number of amides is 1. The van der Waals surface area contributed by atoms with E-state index in [2.05, 4.69) is 10.2 Å². The molecule has 3 heterocycles. The van der Waals surface area contributed by atoms with Gasteiger partial charge in [0, 0.05) is 40.1 Å². The zero-order chi connectivity index (χ0) is 19.0. The fourth-order valence-corrected chi connectivity index (χ4v) is 4.46. The lowest BCUT2D eigenvalue weighted by molar-refractivity contribution is -0.0211. The van der Waals surface area contributed by atoms with E-state index in [0.29, 0.717) is 36.5 Å². The Balaban J connectivity index is 1.45. The van der Waals surface area contributed by atoms with Crippen molar-refractivity contribution in [2.45, 2.75) is 25.4 Å². The number of aryl methyl sites for hydroxylation is 1. The van der Waals surface area contributed by atoms with Gasteiger partial charge in [0.2, 0.25) is 0 Å². The highest BCUT2D eigenvalue weighted by atomic mass is 35.5. The van der Waals surface area contributed by atoms with E-state index in [-0.39, 0.29) is 5.91 Å². The van der Waals surface area contributed by atoms with Crippen LogP contribution in [0.25, 0.3) is 10.4 Å². The summed E-state index contributed by atoms with van der Waals surface area (Å²) in [6, 6.07) is 7.59. The van der Waals surface area contributed by atoms with Crippen LogP contribution in [-0.4, -0.2) is 39.2 Å². The maximum absolute atomic E-state index is 12.8. The maximum atomic E-state index is 12.8. The smallest absolute Gasteiger partial charge is 0.254 e. The topological polar surface area (TPSA) is 69.2 Å². The molecule has 1 saturated heterocycles. The monoisotopic (exact) mass is 401 g/mol. The van der Waals surface area contributed by atoms with Gasteiger partial charge in [-0.1, -0.05) is 23.7 Å². The zero-order valence-electron chi connectivity index (χ0n) is 14.9. The van der Waals surface area contributed by atoms with Crippen LogP contribution < -0.4 is 0 Å². The molecule has 1 amide bonds. The lowest BCUT2D eigenvalue weighted by Gasteiger charge is -2.38. The molecule has 5 nitrogen and oxygen atoms in total. The average molecular weight is 402 g/mol. The second-order valence-electron chi connectivity index (χ2n) is 6.97. The van der Waals surface area contributed by atoms with E-state index >= 15 is 0 Å². The third-order valence-electron chi connectivity index (χ3n) is 5.22. The van der Waals surface area contributed by atoms with Crippen LogP contribution in [0.1, 0.15) is 34.3 Å². The molecular weight excluding hydrogens is 382 g/mol. The Bertz CT molecular complexity index is 960. The molecule has 2 N–H and O–H groups in total. The van der Waals surface area contributed by atoms with E-state index in [1.54, 1.807) is 6.20 Å². The van der Waals surface area contributed by atoms with Crippen LogP contribution in [-0.2, 0) is 5.60 Å². The molecule has 0 bridgehead atoms.